The normalized spacial score (nSPS) is 12.5. The number of nitrogens with zero attached hydrogens (tertiary/aromatic N) is 3. The smallest absolute Gasteiger partial charge is 0.216 e. The largest absolute Gasteiger partial charge is 0.486 e. The summed E-state index contributed by atoms with van der Waals surface area (Å²) in [6.45, 7) is 4.01. The van der Waals surface area contributed by atoms with E-state index >= 15 is 0 Å². The molecule has 0 atom stereocenters. The molecule has 0 N–H and O–H groups in total. The van der Waals surface area contributed by atoms with Crippen LogP contribution < -0.4 is 0 Å². The standard InChI is InChI=1S/C23H17N2OS.C12H10N.Ir/c1-13-9-10-16-15-6-4-7-17(22(15)26-23(16)25-13)19-11-21-18(12-24-19)14-5-2-3-8-20(14)27-21;1-10-7-8-12(13-9-10)11-5-3-2-4-6-11;/h4,6,9-12H,2-3,5,8H2,1H3;2-5,7-9H,1H3;/q2*-1;. The van der Waals surface area contributed by atoms with Crippen LogP contribution in [-0.2, 0) is 32.9 Å². The Bertz CT molecular complexity index is 1980. The first kappa shape index (κ1) is 27.5. The van der Waals surface area contributed by atoms with Crippen LogP contribution in [-0.4, -0.2) is 15.0 Å². The number of aryl methyl sites for hydroxylation is 4. The van der Waals surface area contributed by atoms with Crippen molar-refractivity contribution in [1.82, 2.24) is 15.0 Å². The van der Waals surface area contributed by atoms with Gasteiger partial charge in [-0.25, -0.2) is 4.98 Å². The Kier molecular flexibility index (Phi) is 7.81. The number of hydrogen-bond donors (Lipinski definition) is 0. The number of thiophene rings is 1. The minimum atomic E-state index is 0. The van der Waals surface area contributed by atoms with Gasteiger partial charge in [0.1, 0.15) is 0 Å². The van der Waals surface area contributed by atoms with E-state index in [-0.39, 0.29) is 20.1 Å². The molecule has 6 heteroatoms. The van der Waals surface area contributed by atoms with E-state index in [1.807, 2.05) is 86.1 Å². The van der Waals surface area contributed by atoms with Crippen molar-refractivity contribution in [2.75, 3.05) is 0 Å². The van der Waals surface area contributed by atoms with E-state index in [2.05, 4.69) is 40.3 Å². The molecule has 0 bridgehead atoms. The van der Waals surface area contributed by atoms with Crippen LogP contribution in [0.4, 0.5) is 0 Å². The van der Waals surface area contributed by atoms with E-state index in [1.165, 1.54) is 46.9 Å². The molecule has 8 rings (SSSR count). The molecule has 0 saturated carbocycles. The van der Waals surface area contributed by atoms with Crippen LogP contribution in [0, 0.1) is 26.0 Å². The first-order valence-corrected chi connectivity index (χ1v) is 14.5. The Morgan fingerprint density at radius 1 is 0.805 bits per heavy atom. The van der Waals surface area contributed by atoms with Crippen LogP contribution in [0.2, 0.25) is 0 Å². The van der Waals surface area contributed by atoms with Gasteiger partial charge >= 0.3 is 0 Å². The predicted octanol–water partition coefficient (Wildman–Crippen LogP) is 9.10. The zero-order valence-electron chi connectivity index (χ0n) is 22.8. The minimum absolute atomic E-state index is 0. The molecule has 0 unspecified atom stereocenters. The summed E-state index contributed by atoms with van der Waals surface area (Å²) in [6.07, 6.45) is 8.91. The van der Waals surface area contributed by atoms with Gasteiger partial charge in [0.25, 0.3) is 0 Å². The van der Waals surface area contributed by atoms with Gasteiger partial charge in [-0.15, -0.1) is 65.4 Å². The van der Waals surface area contributed by atoms with E-state index in [4.69, 9.17) is 9.40 Å². The summed E-state index contributed by atoms with van der Waals surface area (Å²) in [5.74, 6) is 0. The van der Waals surface area contributed by atoms with Crippen LogP contribution in [0.25, 0.3) is 54.7 Å². The zero-order valence-corrected chi connectivity index (χ0v) is 26.0. The molecule has 0 fully saturated rings. The van der Waals surface area contributed by atoms with Crippen LogP contribution in [0.1, 0.15) is 34.5 Å². The van der Waals surface area contributed by atoms with Crippen molar-refractivity contribution in [3.63, 3.8) is 0 Å². The molecule has 0 aliphatic heterocycles. The van der Waals surface area contributed by atoms with Crippen LogP contribution in [0.5, 0.6) is 0 Å². The second-order valence-electron chi connectivity index (χ2n) is 10.3. The average Bonchev–Trinajstić information content (AvgIpc) is 3.55. The maximum atomic E-state index is 6.13. The fourth-order valence-electron chi connectivity index (χ4n) is 5.38. The number of benzene rings is 2. The van der Waals surface area contributed by atoms with E-state index in [1.54, 1.807) is 4.88 Å². The number of pyridine rings is 3. The van der Waals surface area contributed by atoms with Gasteiger partial charge in [0.2, 0.25) is 5.71 Å². The summed E-state index contributed by atoms with van der Waals surface area (Å²) >= 11 is 1.92. The molecule has 1 aliphatic carbocycles. The van der Waals surface area contributed by atoms with Crippen molar-refractivity contribution >= 4 is 43.5 Å². The van der Waals surface area contributed by atoms with E-state index in [0.29, 0.717) is 5.71 Å². The van der Waals surface area contributed by atoms with Gasteiger partial charge < -0.3 is 14.4 Å². The predicted molar refractivity (Wildman–Crippen MR) is 164 cm³/mol. The third kappa shape index (κ3) is 5.36. The molecule has 5 aromatic heterocycles. The molecule has 0 saturated heterocycles. The van der Waals surface area contributed by atoms with Crippen LogP contribution >= 0.6 is 11.3 Å². The number of fused-ring (bicyclic) bond motifs is 6. The maximum absolute atomic E-state index is 6.13. The summed E-state index contributed by atoms with van der Waals surface area (Å²) in [4.78, 5) is 15.2. The number of furan rings is 1. The topological polar surface area (TPSA) is 51.8 Å². The van der Waals surface area contributed by atoms with E-state index in [9.17, 15) is 0 Å². The van der Waals surface area contributed by atoms with Gasteiger partial charge in [-0.05, 0) is 74.2 Å². The molecule has 4 nitrogen and oxygen atoms in total. The van der Waals surface area contributed by atoms with Crippen molar-refractivity contribution in [2.24, 2.45) is 0 Å². The number of rotatable bonds is 2. The Labute approximate surface area is 256 Å². The fraction of sp³-hybridized carbons (Fsp3) is 0.171. The first-order valence-electron chi connectivity index (χ1n) is 13.6. The summed E-state index contributed by atoms with van der Waals surface area (Å²) in [5.41, 5.74) is 9.01. The van der Waals surface area contributed by atoms with Gasteiger partial charge in [-0.3, -0.25) is 0 Å². The summed E-state index contributed by atoms with van der Waals surface area (Å²) in [7, 11) is 0. The van der Waals surface area contributed by atoms with Crippen molar-refractivity contribution in [1.29, 1.82) is 0 Å². The van der Waals surface area contributed by atoms with Gasteiger partial charge in [0.15, 0.2) is 0 Å². The molecule has 7 aromatic rings. The third-order valence-electron chi connectivity index (χ3n) is 7.43. The molecule has 0 amide bonds. The second kappa shape index (κ2) is 11.7. The van der Waals surface area contributed by atoms with Crippen molar-refractivity contribution in [3.8, 4) is 22.5 Å². The van der Waals surface area contributed by atoms with E-state index < -0.39 is 0 Å². The Hall–Kier alpha value is -3.70. The van der Waals surface area contributed by atoms with Crippen molar-refractivity contribution in [2.45, 2.75) is 39.5 Å². The van der Waals surface area contributed by atoms with Crippen molar-refractivity contribution < 1.29 is 24.5 Å². The fourth-order valence-corrected chi connectivity index (χ4v) is 6.68. The minimum Gasteiger partial charge on any atom is -0.486 e. The van der Waals surface area contributed by atoms with Crippen molar-refractivity contribution in [3.05, 3.63) is 113 Å². The molecule has 5 heterocycles. The Morgan fingerprint density at radius 3 is 2.51 bits per heavy atom. The Balaban J connectivity index is 0.000000183. The zero-order chi connectivity index (χ0) is 27.1. The third-order valence-corrected chi connectivity index (χ3v) is 8.69. The summed E-state index contributed by atoms with van der Waals surface area (Å²) in [6, 6.07) is 28.7. The Morgan fingerprint density at radius 2 is 1.68 bits per heavy atom. The molecule has 0 spiro atoms. The average molecular weight is 730 g/mol. The summed E-state index contributed by atoms with van der Waals surface area (Å²) in [5, 5.41) is 3.43. The van der Waals surface area contributed by atoms with Gasteiger partial charge in [0, 0.05) is 58.5 Å². The number of aromatic nitrogens is 3. The van der Waals surface area contributed by atoms with Gasteiger partial charge in [-0.2, -0.15) is 0 Å². The molecular formula is C35H27IrN3OS-2. The molecular weight excluding hydrogens is 703 g/mol. The van der Waals surface area contributed by atoms with Crippen LogP contribution in [0.15, 0.2) is 83.5 Å². The second-order valence-corrected chi connectivity index (χ2v) is 11.4. The molecule has 1 aliphatic rings. The maximum Gasteiger partial charge on any atom is 0.216 e. The summed E-state index contributed by atoms with van der Waals surface area (Å²) < 4.78 is 7.45. The first-order chi connectivity index (χ1) is 19.6. The molecule has 41 heavy (non-hydrogen) atoms. The SMILES string of the molecule is Cc1ccc(-c2[c-]cccc2)nc1.Cc1ccc2c(n1)oc1c(-c3cc4sc5c(c4cn3)CCCC5)[c-]ccc12.[Ir]. The molecule has 1 radical (unpaired) electrons. The monoisotopic (exact) mass is 730 g/mol. The molecule has 205 valence electrons. The van der Waals surface area contributed by atoms with Crippen LogP contribution in [0.3, 0.4) is 0 Å². The van der Waals surface area contributed by atoms with Gasteiger partial charge in [0.05, 0.1) is 5.58 Å². The van der Waals surface area contributed by atoms with Gasteiger partial charge in [-0.1, -0.05) is 29.1 Å². The van der Waals surface area contributed by atoms with E-state index in [0.717, 1.165) is 44.6 Å². The quantitative estimate of drug-likeness (QED) is 0.167. The number of hydrogen-bond acceptors (Lipinski definition) is 5. The molecule has 2 aromatic carbocycles.